The van der Waals surface area contributed by atoms with Crippen molar-refractivity contribution in [3.63, 3.8) is 0 Å². The summed E-state index contributed by atoms with van der Waals surface area (Å²) in [4.78, 5) is 20.3. The number of halogens is 3. The van der Waals surface area contributed by atoms with Crippen LogP contribution in [0.15, 0.2) is 30.7 Å². The van der Waals surface area contributed by atoms with Crippen molar-refractivity contribution in [3.05, 3.63) is 36.3 Å². The van der Waals surface area contributed by atoms with Crippen molar-refractivity contribution in [3.8, 4) is 11.3 Å². The Morgan fingerprint density at radius 2 is 1.91 bits per heavy atom. The van der Waals surface area contributed by atoms with E-state index in [0.717, 1.165) is 65.0 Å². The minimum absolute atomic E-state index is 0.0993. The van der Waals surface area contributed by atoms with E-state index in [0.29, 0.717) is 16.6 Å². The maximum atomic E-state index is 13.7. The number of aromatic amines is 1. The minimum Gasteiger partial charge on any atom is -0.350 e. The molecule has 8 nitrogen and oxygen atoms in total. The van der Waals surface area contributed by atoms with E-state index in [4.69, 9.17) is 0 Å². The zero-order chi connectivity index (χ0) is 22.8. The number of hydrogen-bond acceptors (Lipinski definition) is 7. The number of pyridine rings is 1. The van der Waals surface area contributed by atoms with E-state index < -0.39 is 11.7 Å². The van der Waals surface area contributed by atoms with Gasteiger partial charge in [0.1, 0.15) is 11.2 Å². The lowest BCUT2D eigenvalue weighted by atomic mass is 10.1. The molecule has 0 unspecified atom stereocenters. The summed E-state index contributed by atoms with van der Waals surface area (Å²) in [5, 5.41) is 7.21. The molecule has 5 heterocycles. The van der Waals surface area contributed by atoms with Crippen LogP contribution in [0.4, 0.5) is 19.1 Å². The third kappa shape index (κ3) is 4.94. The zero-order valence-electron chi connectivity index (χ0n) is 18.2. The predicted octanol–water partition coefficient (Wildman–Crippen LogP) is 2.43. The topological polar surface area (TPSA) is 85.0 Å². The van der Waals surface area contributed by atoms with Gasteiger partial charge >= 0.3 is 6.18 Å². The molecule has 5 rings (SSSR count). The Kier molecular flexibility index (Phi) is 6.17. The SMILES string of the molecule is FC(F)(F)c1cnc(N[C@@H]2CCN(CCN3CCNCC3)C2)nc1-c1c[nH]c2ncccc12. The van der Waals surface area contributed by atoms with E-state index in [-0.39, 0.29) is 17.7 Å². The first kappa shape index (κ1) is 22.1. The second-order valence-electron chi connectivity index (χ2n) is 8.58. The number of nitrogens with one attached hydrogen (secondary N) is 3. The van der Waals surface area contributed by atoms with Crippen LogP contribution in [0.5, 0.6) is 0 Å². The number of piperazine rings is 1. The van der Waals surface area contributed by atoms with Gasteiger partial charge in [-0.05, 0) is 18.6 Å². The molecule has 0 aliphatic carbocycles. The van der Waals surface area contributed by atoms with Gasteiger partial charge in [0, 0.05) is 87.9 Å². The zero-order valence-corrected chi connectivity index (χ0v) is 18.2. The van der Waals surface area contributed by atoms with Crippen molar-refractivity contribution >= 4 is 17.0 Å². The van der Waals surface area contributed by atoms with Crippen molar-refractivity contribution in [2.75, 3.05) is 57.7 Å². The summed E-state index contributed by atoms with van der Waals surface area (Å²) in [7, 11) is 0. The standard InChI is InChI=1S/C22H27F3N8/c23-22(24,25)18-13-29-21(31-19(18)17-12-28-20-16(17)2-1-4-27-20)30-15-3-7-33(14-15)11-10-32-8-5-26-6-9-32/h1-2,4,12-13,15,26H,3,5-11,14H2,(H,27,28)(H,29,30,31)/t15-/m1/s1. The molecule has 0 aromatic carbocycles. The quantitative estimate of drug-likeness (QED) is 0.521. The normalized spacial score (nSPS) is 20.5. The lowest BCUT2D eigenvalue weighted by Crippen LogP contribution is -2.46. The molecule has 176 valence electrons. The highest BCUT2D eigenvalue weighted by Gasteiger charge is 2.36. The number of aromatic nitrogens is 4. The van der Waals surface area contributed by atoms with Gasteiger partial charge < -0.3 is 15.6 Å². The fourth-order valence-electron chi connectivity index (χ4n) is 4.57. The largest absolute Gasteiger partial charge is 0.419 e. The van der Waals surface area contributed by atoms with E-state index in [1.165, 1.54) is 6.20 Å². The van der Waals surface area contributed by atoms with Crippen molar-refractivity contribution in [1.82, 2.24) is 35.1 Å². The van der Waals surface area contributed by atoms with E-state index >= 15 is 0 Å². The molecule has 2 aliphatic rings. The van der Waals surface area contributed by atoms with Crippen LogP contribution in [0.1, 0.15) is 12.0 Å². The molecule has 3 N–H and O–H groups in total. The van der Waals surface area contributed by atoms with Crippen LogP contribution < -0.4 is 10.6 Å². The second-order valence-corrected chi connectivity index (χ2v) is 8.58. The van der Waals surface area contributed by atoms with E-state index in [1.807, 2.05) is 0 Å². The number of nitrogens with zero attached hydrogens (tertiary/aromatic N) is 5. The van der Waals surface area contributed by atoms with E-state index in [9.17, 15) is 13.2 Å². The molecule has 2 saturated heterocycles. The van der Waals surface area contributed by atoms with Gasteiger partial charge in [0.05, 0.1) is 5.69 Å². The lowest BCUT2D eigenvalue weighted by Gasteiger charge is -2.29. The van der Waals surface area contributed by atoms with Gasteiger partial charge in [0.15, 0.2) is 0 Å². The number of likely N-dealkylation sites (tertiary alicyclic amines) is 1. The van der Waals surface area contributed by atoms with E-state index in [2.05, 4.69) is 40.4 Å². The summed E-state index contributed by atoms with van der Waals surface area (Å²) in [6.07, 6.45) is 0.323. The second kappa shape index (κ2) is 9.24. The Bertz CT molecular complexity index is 1090. The van der Waals surface area contributed by atoms with Gasteiger partial charge in [-0.15, -0.1) is 0 Å². The molecule has 0 spiro atoms. The fourth-order valence-corrected chi connectivity index (χ4v) is 4.57. The van der Waals surface area contributed by atoms with E-state index in [1.54, 1.807) is 18.3 Å². The van der Waals surface area contributed by atoms with Gasteiger partial charge in [0.2, 0.25) is 5.95 Å². The van der Waals surface area contributed by atoms with Crippen molar-refractivity contribution < 1.29 is 13.2 Å². The number of H-pyrrole nitrogens is 1. The van der Waals surface area contributed by atoms with Crippen LogP contribution in [0.3, 0.4) is 0 Å². The Morgan fingerprint density at radius 1 is 1.09 bits per heavy atom. The van der Waals surface area contributed by atoms with Gasteiger partial charge in [-0.3, -0.25) is 9.80 Å². The molecule has 0 bridgehead atoms. The minimum atomic E-state index is -4.56. The third-order valence-electron chi connectivity index (χ3n) is 6.35. The molecular weight excluding hydrogens is 433 g/mol. The van der Waals surface area contributed by atoms with Crippen molar-refractivity contribution in [1.29, 1.82) is 0 Å². The molecule has 33 heavy (non-hydrogen) atoms. The molecule has 2 fully saturated rings. The molecule has 3 aromatic rings. The predicted molar refractivity (Wildman–Crippen MR) is 120 cm³/mol. The fraction of sp³-hybridized carbons (Fsp3) is 0.500. The third-order valence-corrected chi connectivity index (χ3v) is 6.35. The summed E-state index contributed by atoms with van der Waals surface area (Å²) in [5.41, 5.74) is -0.126. The Balaban J connectivity index is 1.31. The smallest absolute Gasteiger partial charge is 0.350 e. The first-order valence-electron chi connectivity index (χ1n) is 11.3. The molecule has 0 radical (unpaired) electrons. The van der Waals surface area contributed by atoms with Crippen molar-refractivity contribution in [2.45, 2.75) is 18.6 Å². The number of rotatable bonds is 6. The number of anilines is 1. The van der Waals surface area contributed by atoms with Gasteiger partial charge in [-0.1, -0.05) is 0 Å². The van der Waals surface area contributed by atoms with Gasteiger partial charge in [-0.25, -0.2) is 15.0 Å². The highest BCUT2D eigenvalue weighted by atomic mass is 19.4. The van der Waals surface area contributed by atoms with Gasteiger partial charge in [0.25, 0.3) is 0 Å². The summed E-state index contributed by atoms with van der Waals surface area (Å²) in [6.45, 7) is 7.99. The van der Waals surface area contributed by atoms with Gasteiger partial charge in [-0.2, -0.15) is 13.2 Å². The maximum Gasteiger partial charge on any atom is 0.419 e. The molecular formula is C22H27F3N8. The molecule has 0 amide bonds. The highest BCUT2D eigenvalue weighted by Crippen LogP contribution is 2.38. The maximum absolute atomic E-state index is 13.7. The number of hydrogen-bond donors (Lipinski definition) is 3. The molecule has 0 saturated carbocycles. The summed E-state index contributed by atoms with van der Waals surface area (Å²) >= 11 is 0. The van der Waals surface area contributed by atoms with Crippen LogP contribution in [-0.2, 0) is 6.18 Å². The highest BCUT2D eigenvalue weighted by molar-refractivity contribution is 5.93. The molecule has 1 atom stereocenters. The average Bonchev–Trinajstić information content (AvgIpc) is 3.44. The molecule has 3 aromatic heterocycles. The first-order chi connectivity index (χ1) is 16.0. The van der Waals surface area contributed by atoms with Crippen LogP contribution in [0.25, 0.3) is 22.3 Å². The van der Waals surface area contributed by atoms with Crippen LogP contribution in [-0.4, -0.2) is 88.1 Å². The van der Waals surface area contributed by atoms with Crippen LogP contribution in [0, 0.1) is 0 Å². The number of alkyl halides is 3. The van der Waals surface area contributed by atoms with Crippen molar-refractivity contribution in [2.24, 2.45) is 0 Å². The average molecular weight is 461 g/mol. The van der Waals surface area contributed by atoms with Crippen LogP contribution in [0.2, 0.25) is 0 Å². The number of fused-ring (bicyclic) bond motifs is 1. The Labute approximate surface area is 189 Å². The van der Waals surface area contributed by atoms with Crippen LogP contribution >= 0.6 is 0 Å². The summed E-state index contributed by atoms with van der Waals surface area (Å²) in [5.74, 6) is 0.213. The summed E-state index contributed by atoms with van der Waals surface area (Å²) in [6, 6.07) is 3.53. The Morgan fingerprint density at radius 3 is 2.73 bits per heavy atom. The Hall–Kier alpha value is -2.76. The molecule has 2 aliphatic heterocycles. The monoisotopic (exact) mass is 460 g/mol. The first-order valence-corrected chi connectivity index (χ1v) is 11.3. The summed E-state index contributed by atoms with van der Waals surface area (Å²) < 4.78 is 41.2. The molecule has 11 heteroatoms. The lowest BCUT2D eigenvalue weighted by molar-refractivity contribution is -0.137.